The quantitative estimate of drug-likeness (QED) is 0.440. The SMILES string of the molecule is Fc1ccccc1Nc1nc(-c2cccc(Cl)c2)c2c(n1)-c1ccccc1OC2. The number of hydrogen-bond acceptors (Lipinski definition) is 4. The monoisotopic (exact) mass is 403 g/mol. The maximum atomic E-state index is 14.2. The van der Waals surface area contributed by atoms with Crippen LogP contribution in [0.1, 0.15) is 5.56 Å². The molecule has 2 heterocycles. The molecule has 1 aliphatic rings. The summed E-state index contributed by atoms with van der Waals surface area (Å²) in [4.78, 5) is 9.38. The number of hydrogen-bond donors (Lipinski definition) is 1. The third kappa shape index (κ3) is 3.30. The average Bonchev–Trinajstić information content (AvgIpc) is 2.75. The molecule has 29 heavy (non-hydrogen) atoms. The Hall–Kier alpha value is -3.44. The van der Waals surface area contributed by atoms with Crippen LogP contribution in [0.2, 0.25) is 5.02 Å². The van der Waals surface area contributed by atoms with E-state index in [1.54, 1.807) is 18.2 Å². The van der Waals surface area contributed by atoms with Crippen LogP contribution in [0.5, 0.6) is 5.75 Å². The maximum Gasteiger partial charge on any atom is 0.228 e. The minimum absolute atomic E-state index is 0.306. The van der Waals surface area contributed by atoms with Crippen LogP contribution in [-0.4, -0.2) is 9.97 Å². The number of benzene rings is 3. The van der Waals surface area contributed by atoms with E-state index in [1.165, 1.54) is 6.07 Å². The van der Waals surface area contributed by atoms with Gasteiger partial charge in [-0.05, 0) is 36.4 Å². The highest BCUT2D eigenvalue weighted by Gasteiger charge is 2.24. The number of para-hydroxylation sites is 2. The summed E-state index contributed by atoms with van der Waals surface area (Å²) in [5, 5.41) is 3.61. The highest BCUT2D eigenvalue weighted by molar-refractivity contribution is 6.30. The van der Waals surface area contributed by atoms with Gasteiger partial charge in [0.05, 0.1) is 17.1 Å². The Balaban J connectivity index is 1.72. The van der Waals surface area contributed by atoms with Crippen molar-refractivity contribution in [1.82, 2.24) is 9.97 Å². The first-order chi connectivity index (χ1) is 14.2. The zero-order valence-electron chi connectivity index (χ0n) is 15.2. The third-order valence-corrected chi connectivity index (χ3v) is 4.97. The molecule has 142 valence electrons. The number of halogens is 2. The van der Waals surface area contributed by atoms with E-state index in [4.69, 9.17) is 21.3 Å². The number of fused-ring (bicyclic) bond motifs is 3. The number of nitrogens with zero attached hydrogens (tertiary/aromatic N) is 2. The first kappa shape index (κ1) is 17.6. The van der Waals surface area contributed by atoms with E-state index in [9.17, 15) is 4.39 Å². The summed E-state index contributed by atoms with van der Waals surface area (Å²) in [7, 11) is 0. The molecule has 1 aliphatic heterocycles. The van der Waals surface area contributed by atoms with E-state index in [0.717, 1.165) is 28.1 Å². The van der Waals surface area contributed by atoms with E-state index >= 15 is 0 Å². The summed E-state index contributed by atoms with van der Waals surface area (Å²) in [5.74, 6) is 0.690. The van der Waals surface area contributed by atoms with E-state index in [1.807, 2.05) is 48.5 Å². The van der Waals surface area contributed by atoms with Crippen LogP contribution in [0.4, 0.5) is 16.0 Å². The normalized spacial score (nSPS) is 11.9. The smallest absolute Gasteiger partial charge is 0.228 e. The first-order valence-corrected chi connectivity index (χ1v) is 9.47. The first-order valence-electron chi connectivity index (χ1n) is 9.09. The van der Waals surface area contributed by atoms with Crippen molar-refractivity contribution in [2.45, 2.75) is 6.61 Å². The minimum Gasteiger partial charge on any atom is -0.488 e. The molecular formula is C23H15ClFN3O. The molecule has 4 aromatic rings. The van der Waals surface area contributed by atoms with Crippen LogP contribution < -0.4 is 10.1 Å². The zero-order chi connectivity index (χ0) is 19.8. The van der Waals surface area contributed by atoms with E-state index in [2.05, 4.69) is 10.3 Å². The molecule has 1 aromatic heterocycles. The van der Waals surface area contributed by atoms with Crippen LogP contribution in [-0.2, 0) is 6.61 Å². The van der Waals surface area contributed by atoms with Crippen LogP contribution >= 0.6 is 11.6 Å². The van der Waals surface area contributed by atoms with Crippen LogP contribution in [0.15, 0.2) is 72.8 Å². The van der Waals surface area contributed by atoms with Crippen molar-refractivity contribution in [3.63, 3.8) is 0 Å². The van der Waals surface area contributed by atoms with E-state index in [-0.39, 0.29) is 5.82 Å². The van der Waals surface area contributed by atoms with Gasteiger partial charge in [0.1, 0.15) is 18.2 Å². The predicted octanol–water partition coefficient (Wildman–Crippen LogP) is 6.24. The number of anilines is 2. The Morgan fingerprint density at radius 3 is 2.55 bits per heavy atom. The molecule has 0 unspecified atom stereocenters. The summed E-state index contributed by atoms with van der Waals surface area (Å²) in [6.45, 7) is 0.341. The second kappa shape index (κ2) is 7.18. The zero-order valence-corrected chi connectivity index (χ0v) is 15.9. The third-order valence-electron chi connectivity index (χ3n) is 4.74. The van der Waals surface area contributed by atoms with Gasteiger partial charge in [0.2, 0.25) is 5.95 Å². The predicted molar refractivity (Wildman–Crippen MR) is 112 cm³/mol. The molecule has 0 atom stereocenters. The van der Waals surface area contributed by atoms with Crippen molar-refractivity contribution in [1.29, 1.82) is 0 Å². The van der Waals surface area contributed by atoms with Crippen LogP contribution in [0.25, 0.3) is 22.5 Å². The Morgan fingerprint density at radius 1 is 0.897 bits per heavy atom. The number of rotatable bonds is 3. The van der Waals surface area contributed by atoms with Gasteiger partial charge >= 0.3 is 0 Å². The highest BCUT2D eigenvalue weighted by atomic mass is 35.5. The lowest BCUT2D eigenvalue weighted by atomic mass is 9.98. The lowest BCUT2D eigenvalue weighted by Gasteiger charge is -2.23. The average molecular weight is 404 g/mol. The Labute approximate surface area is 172 Å². The van der Waals surface area contributed by atoms with Crippen LogP contribution in [0.3, 0.4) is 0 Å². The van der Waals surface area contributed by atoms with Crippen molar-refractivity contribution in [3.8, 4) is 28.3 Å². The Morgan fingerprint density at radius 2 is 1.69 bits per heavy atom. The summed E-state index contributed by atoms with van der Waals surface area (Å²) in [5.41, 5.74) is 4.35. The van der Waals surface area contributed by atoms with Gasteiger partial charge in [0.15, 0.2) is 0 Å². The summed E-state index contributed by atoms with van der Waals surface area (Å²) < 4.78 is 20.1. The Kier molecular flexibility index (Phi) is 4.37. The second-order valence-electron chi connectivity index (χ2n) is 6.62. The molecule has 0 radical (unpaired) electrons. The van der Waals surface area contributed by atoms with Gasteiger partial charge in [-0.2, -0.15) is 0 Å². The van der Waals surface area contributed by atoms with Gasteiger partial charge in [-0.3, -0.25) is 0 Å². The van der Waals surface area contributed by atoms with Gasteiger partial charge in [0.25, 0.3) is 0 Å². The second-order valence-corrected chi connectivity index (χ2v) is 7.06. The van der Waals surface area contributed by atoms with Crippen molar-refractivity contribution < 1.29 is 9.13 Å². The lowest BCUT2D eigenvalue weighted by molar-refractivity contribution is 0.301. The highest BCUT2D eigenvalue weighted by Crippen LogP contribution is 2.40. The summed E-state index contributed by atoms with van der Waals surface area (Å²) >= 11 is 6.21. The number of nitrogens with one attached hydrogen (secondary N) is 1. The molecule has 0 bridgehead atoms. The number of ether oxygens (including phenoxy) is 1. The summed E-state index contributed by atoms with van der Waals surface area (Å²) in [6.07, 6.45) is 0. The molecule has 0 amide bonds. The van der Waals surface area contributed by atoms with Gasteiger partial charge < -0.3 is 10.1 Å². The van der Waals surface area contributed by atoms with Crippen molar-refractivity contribution >= 4 is 23.2 Å². The molecular weight excluding hydrogens is 389 g/mol. The molecule has 1 N–H and O–H groups in total. The minimum atomic E-state index is -0.373. The molecule has 0 fully saturated rings. The standard InChI is InChI=1S/C23H15ClFN3O/c24-15-7-5-6-14(12-15)21-17-13-29-20-11-4-1-8-16(20)22(17)28-23(27-21)26-19-10-3-2-9-18(19)25/h1-12H,13H2,(H,26,27,28). The molecule has 4 nitrogen and oxygen atoms in total. The van der Waals surface area contributed by atoms with Gasteiger partial charge in [-0.25, -0.2) is 14.4 Å². The van der Waals surface area contributed by atoms with Crippen molar-refractivity contribution in [3.05, 3.63) is 89.2 Å². The topological polar surface area (TPSA) is 47.0 Å². The lowest BCUT2D eigenvalue weighted by Crippen LogP contribution is -2.12. The molecule has 5 rings (SSSR count). The fourth-order valence-corrected chi connectivity index (χ4v) is 3.59. The van der Waals surface area contributed by atoms with E-state index < -0.39 is 0 Å². The molecule has 6 heteroatoms. The van der Waals surface area contributed by atoms with Gasteiger partial charge in [-0.1, -0.05) is 48.0 Å². The van der Waals surface area contributed by atoms with Crippen molar-refractivity contribution in [2.75, 3.05) is 5.32 Å². The Bertz CT molecular complexity index is 1230. The summed E-state index contributed by atoms with van der Waals surface area (Å²) in [6, 6.07) is 21.6. The van der Waals surface area contributed by atoms with Crippen LogP contribution in [0, 0.1) is 5.82 Å². The molecule has 0 saturated heterocycles. The fraction of sp³-hybridized carbons (Fsp3) is 0.0435. The molecule has 0 aliphatic carbocycles. The van der Waals surface area contributed by atoms with Gasteiger partial charge in [0, 0.05) is 21.7 Å². The maximum absolute atomic E-state index is 14.2. The van der Waals surface area contributed by atoms with Crippen molar-refractivity contribution in [2.24, 2.45) is 0 Å². The molecule has 0 saturated carbocycles. The largest absolute Gasteiger partial charge is 0.488 e. The molecule has 0 spiro atoms. The van der Waals surface area contributed by atoms with Gasteiger partial charge in [-0.15, -0.1) is 0 Å². The van der Waals surface area contributed by atoms with E-state index in [0.29, 0.717) is 29.0 Å². The fourth-order valence-electron chi connectivity index (χ4n) is 3.39. The molecule has 3 aromatic carbocycles. The number of aromatic nitrogens is 2.